The number of aliphatic hydroxyl groups is 1. The van der Waals surface area contributed by atoms with Crippen LogP contribution in [0.5, 0.6) is 0 Å². The summed E-state index contributed by atoms with van der Waals surface area (Å²) in [6.07, 6.45) is 2.87. The number of likely N-dealkylation sites (tertiary alicyclic amines) is 1. The summed E-state index contributed by atoms with van der Waals surface area (Å²) in [7, 11) is 0. The molecule has 0 saturated carbocycles. The molecule has 212 valence electrons. The number of hydrogen-bond donors (Lipinski definition) is 2. The van der Waals surface area contributed by atoms with Crippen LogP contribution in [0.4, 0.5) is 10.3 Å². The predicted octanol–water partition coefficient (Wildman–Crippen LogP) is 4.09. The van der Waals surface area contributed by atoms with Gasteiger partial charge in [-0.15, -0.1) is 0 Å². The second-order valence-electron chi connectivity index (χ2n) is 11.3. The van der Waals surface area contributed by atoms with Crippen LogP contribution in [0.3, 0.4) is 0 Å². The van der Waals surface area contributed by atoms with Gasteiger partial charge in [0.25, 0.3) is 0 Å². The molecule has 0 aliphatic carbocycles. The number of halogens is 1. The van der Waals surface area contributed by atoms with E-state index in [1.807, 2.05) is 13.8 Å². The molecule has 2 saturated heterocycles. The first-order valence-electron chi connectivity index (χ1n) is 14.0. The summed E-state index contributed by atoms with van der Waals surface area (Å²) < 4.78 is 22.7. The fourth-order valence-electron chi connectivity index (χ4n) is 6.06. The number of nitrogens with one attached hydrogen (secondary N) is 1. The quantitative estimate of drug-likeness (QED) is 0.473. The Balaban J connectivity index is 1.61. The fraction of sp³-hybridized carbons (Fsp3) is 0.533. The molecule has 2 aliphatic rings. The molecule has 0 spiro atoms. The number of benzene rings is 1. The molecular formula is C30H37FN6O3. The van der Waals surface area contributed by atoms with Crippen LogP contribution in [-0.4, -0.2) is 63.0 Å². The highest BCUT2D eigenvalue weighted by Crippen LogP contribution is 2.33. The molecule has 3 atom stereocenters. The Morgan fingerprint density at radius 1 is 1.27 bits per heavy atom. The van der Waals surface area contributed by atoms with Crippen LogP contribution >= 0.6 is 0 Å². The number of nitriles is 1. The number of rotatable bonds is 6. The minimum atomic E-state index is -0.710. The molecule has 5 rings (SSSR count). The van der Waals surface area contributed by atoms with E-state index in [9.17, 15) is 15.2 Å². The monoisotopic (exact) mass is 548 g/mol. The third kappa shape index (κ3) is 5.33. The van der Waals surface area contributed by atoms with Crippen molar-refractivity contribution in [3.05, 3.63) is 51.2 Å². The highest BCUT2D eigenvalue weighted by atomic mass is 19.1. The van der Waals surface area contributed by atoms with Gasteiger partial charge in [0, 0.05) is 47.9 Å². The van der Waals surface area contributed by atoms with Crippen LogP contribution in [0.15, 0.2) is 23.1 Å². The van der Waals surface area contributed by atoms with E-state index in [1.165, 1.54) is 0 Å². The molecule has 10 heteroatoms. The van der Waals surface area contributed by atoms with E-state index in [1.54, 1.807) is 12.1 Å². The molecule has 2 aliphatic heterocycles. The number of aryl methyl sites for hydroxylation is 1. The Hall–Kier alpha value is -3.39. The molecular weight excluding hydrogens is 511 g/mol. The summed E-state index contributed by atoms with van der Waals surface area (Å²) in [5, 5.41) is 23.5. The van der Waals surface area contributed by atoms with E-state index in [2.05, 4.69) is 44.7 Å². The van der Waals surface area contributed by atoms with Crippen molar-refractivity contribution in [1.29, 1.82) is 5.26 Å². The largest absolute Gasteiger partial charge is 0.389 e. The third-order valence-corrected chi connectivity index (χ3v) is 8.20. The Labute approximate surface area is 233 Å². The molecule has 0 amide bonds. The van der Waals surface area contributed by atoms with Crippen LogP contribution in [0, 0.1) is 36.9 Å². The number of pyridine rings is 1. The lowest BCUT2D eigenvalue weighted by atomic mass is 9.96. The van der Waals surface area contributed by atoms with E-state index >= 15 is 4.39 Å². The van der Waals surface area contributed by atoms with Gasteiger partial charge in [-0.3, -0.25) is 9.69 Å². The molecule has 1 aromatic carbocycles. The summed E-state index contributed by atoms with van der Waals surface area (Å²) >= 11 is 0. The number of piperidine rings is 1. The number of ether oxygens (including phenoxy) is 1. The number of anilines is 1. The second kappa shape index (κ2) is 11.6. The number of hydrogen-bond acceptors (Lipinski definition) is 8. The van der Waals surface area contributed by atoms with Crippen LogP contribution in [-0.2, 0) is 11.3 Å². The molecule has 0 unspecified atom stereocenters. The number of nitrogens with zero attached hydrogens (tertiary/aromatic N) is 5. The van der Waals surface area contributed by atoms with Crippen LogP contribution in [0.25, 0.3) is 22.2 Å². The third-order valence-electron chi connectivity index (χ3n) is 8.20. The van der Waals surface area contributed by atoms with Gasteiger partial charge in [0.15, 0.2) is 11.2 Å². The van der Waals surface area contributed by atoms with Crippen molar-refractivity contribution >= 4 is 16.9 Å². The summed E-state index contributed by atoms with van der Waals surface area (Å²) in [6, 6.07) is 5.66. The van der Waals surface area contributed by atoms with Crippen LogP contribution in [0.2, 0.25) is 0 Å². The lowest BCUT2D eigenvalue weighted by molar-refractivity contribution is -0.0136. The molecule has 2 N–H and O–H groups in total. The smallest absolute Gasteiger partial charge is 0.223 e. The minimum absolute atomic E-state index is 0.00660. The van der Waals surface area contributed by atoms with Gasteiger partial charge in [0.2, 0.25) is 5.95 Å². The minimum Gasteiger partial charge on any atom is -0.389 e. The maximum Gasteiger partial charge on any atom is 0.223 e. The molecule has 2 aromatic heterocycles. The summed E-state index contributed by atoms with van der Waals surface area (Å²) in [6.45, 7) is 10.8. The Morgan fingerprint density at radius 3 is 2.80 bits per heavy atom. The van der Waals surface area contributed by atoms with Gasteiger partial charge in [-0.25, -0.2) is 14.4 Å². The number of aromatic nitrogens is 3. The van der Waals surface area contributed by atoms with Gasteiger partial charge in [-0.1, -0.05) is 6.07 Å². The van der Waals surface area contributed by atoms with E-state index in [4.69, 9.17) is 4.74 Å². The normalized spacial score (nSPS) is 22.0. The van der Waals surface area contributed by atoms with E-state index < -0.39 is 11.9 Å². The maximum absolute atomic E-state index is 15.2. The summed E-state index contributed by atoms with van der Waals surface area (Å²) in [5.41, 5.74) is 3.81. The predicted molar refractivity (Wildman–Crippen MR) is 152 cm³/mol. The van der Waals surface area contributed by atoms with Crippen molar-refractivity contribution < 1.29 is 14.2 Å². The molecule has 9 nitrogen and oxygen atoms in total. The average molecular weight is 549 g/mol. The first kappa shape index (κ1) is 28.1. The summed E-state index contributed by atoms with van der Waals surface area (Å²) in [5.74, 6) is -0.347. The van der Waals surface area contributed by atoms with E-state index in [-0.39, 0.29) is 41.7 Å². The SMILES string of the molecule is Cc1c(CN2CCC[C@@H](C#N)C2)n(C(C)C)c2c(C)c(-c3nc(N[C@@H]4CCOC[C@H]4O)ncc3F)ccc2c1=O. The lowest BCUT2D eigenvalue weighted by Crippen LogP contribution is -2.42. The Morgan fingerprint density at radius 2 is 2.08 bits per heavy atom. The zero-order valence-electron chi connectivity index (χ0n) is 23.6. The van der Waals surface area contributed by atoms with Gasteiger partial charge in [0.05, 0.1) is 42.5 Å². The number of fused-ring (bicyclic) bond motifs is 1. The van der Waals surface area contributed by atoms with Crippen molar-refractivity contribution in [2.45, 2.75) is 71.7 Å². The van der Waals surface area contributed by atoms with Crippen LogP contribution in [0.1, 0.15) is 56.0 Å². The van der Waals surface area contributed by atoms with E-state index in [0.717, 1.165) is 42.4 Å². The van der Waals surface area contributed by atoms with Crippen molar-refractivity contribution in [1.82, 2.24) is 19.4 Å². The zero-order chi connectivity index (χ0) is 28.6. The van der Waals surface area contributed by atoms with Gasteiger partial charge < -0.3 is 19.7 Å². The van der Waals surface area contributed by atoms with Crippen molar-refractivity contribution in [3.63, 3.8) is 0 Å². The molecule has 0 bridgehead atoms. The van der Waals surface area contributed by atoms with Crippen LogP contribution < -0.4 is 10.7 Å². The van der Waals surface area contributed by atoms with Crippen molar-refractivity contribution in [2.75, 3.05) is 31.6 Å². The maximum atomic E-state index is 15.2. The second-order valence-corrected chi connectivity index (χ2v) is 11.3. The molecule has 2 fully saturated rings. The average Bonchev–Trinajstić information content (AvgIpc) is 2.94. The summed E-state index contributed by atoms with van der Waals surface area (Å²) in [4.78, 5) is 24.5. The molecule has 0 radical (unpaired) electrons. The first-order valence-corrected chi connectivity index (χ1v) is 14.0. The molecule has 3 aromatic rings. The lowest BCUT2D eigenvalue weighted by Gasteiger charge is -2.32. The Kier molecular flexibility index (Phi) is 8.17. The standard InChI is InChI=1S/C30H37FN6O3/c1-17(2)37-25(15-36-10-5-6-20(12-32)14-36)19(4)29(39)22-8-7-21(18(3)28(22)37)27-23(31)13-33-30(35-27)34-24-9-11-40-16-26(24)38/h7-8,13,17,20,24,26,38H,5-6,9-11,14-16H2,1-4H3,(H,33,34,35)/t20-,24+,26+/m0/s1. The highest BCUT2D eigenvalue weighted by molar-refractivity contribution is 5.89. The Bertz CT molecular complexity index is 1510. The van der Waals surface area contributed by atoms with Crippen molar-refractivity contribution in [3.8, 4) is 17.3 Å². The molecule has 40 heavy (non-hydrogen) atoms. The van der Waals surface area contributed by atoms with E-state index in [0.29, 0.717) is 42.6 Å². The van der Waals surface area contributed by atoms with Gasteiger partial charge in [-0.2, -0.15) is 5.26 Å². The van der Waals surface area contributed by atoms with Crippen molar-refractivity contribution in [2.24, 2.45) is 5.92 Å². The topological polar surface area (TPSA) is 116 Å². The van der Waals surface area contributed by atoms with Gasteiger partial charge >= 0.3 is 0 Å². The first-order chi connectivity index (χ1) is 19.2. The van der Waals surface area contributed by atoms with Gasteiger partial charge in [-0.05, 0) is 65.1 Å². The number of aliphatic hydroxyl groups excluding tert-OH is 1. The fourth-order valence-corrected chi connectivity index (χ4v) is 6.06. The van der Waals surface area contributed by atoms with Gasteiger partial charge in [0.1, 0.15) is 5.69 Å². The highest BCUT2D eigenvalue weighted by Gasteiger charge is 2.27. The molecule has 4 heterocycles. The zero-order valence-corrected chi connectivity index (χ0v) is 23.6.